The van der Waals surface area contributed by atoms with E-state index in [1.165, 1.54) is 38.5 Å². The Morgan fingerprint density at radius 3 is 2.57 bits per heavy atom. The molecule has 0 heterocycles. The third-order valence-electron chi connectivity index (χ3n) is 3.24. The van der Waals surface area contributed by atoms with Gasteiger partial charge in [0.25, 0.3) is 0 Å². The van der Waals surface area contributed by atoms with Gasteiger partial charge in [0.2, 0.25) is 0 Å². The first-order chi connectivity index (χ1) is 6.79. The summed E-state index contributed by atoms with van der Waals surface area (Å²) >= 11 is 0. The molecule has 0 amide bonds. The molecule has 0 saturated heterocycles. The second-order valence-corrected chi connectivity index (χ2v) is 4.57. The third-order valence-corrected chi connectivity index (χ3v) is 3.24. The van der Waals surface area contributed by atoms with Gasteiger partial charge in [-0.05, 0) is 25.2 Å². The predicted molar refractivity (Wildman–Crippen MR) is 61.2 cm³/mol. The van der Waals surface area contributed by atoms with E-state index in [2.05, 4.69) is 13.5 Å². The topological polar surface area (TPSA) is 20.2 Å². The Bertz CT molecular complexity index is 161. The van der Waals surface area contributed by atoms with Gasteiger partial charge in [-0.15, -0.1) is 6.58 Å². The molecule has 0 bridgehead atoms. The van der Waals surface area contributed by atoms with E-state index in [0.29, 0.717) is 5.92 Å². The molecule has 1 N–H and O–H groups in total. The normalized spacial score (nSPS) is 20.4. The molecule has 0 aromatic carbocycles. The van der Waals surface area contributed by atoms with Crippen molar-refractivity contribution in [1.29, 1.82) is 0 Å². The average Bonchev–Trinajstić information content (AvgIpc) is 2.98. The van der Waals surface area contributed by atoms with E-state index in [4.69, 9.17) is 0 Å². The van der Waals surface area contributed by atoms with E-state index in [-0.39, 0.29) is 6.10 Å². The second-order valence-electron chi connectivity index (χ2n) is 4.57. The van der Waals surface area contributed by atoms with Crippen LogP contribution >= 0.6 is 0 Å². The molecule has 82 valence electrons. The first-order valence-electron chi connectivity index (χ1n) is 6.10. The lowest BCUT2D eigenvalue weighted by Gasteiger charge is -2.18. The molecule has 1 aliphatic carbocycles. The molecule has 1 heteroatoms. The van der Waals surface area contributed by atoms with Crippen LogP contribution in [0.5, 0.6) is 0 Å². The smallest absolute Gasteiger partial charge is 0.0605 e. The molecule has 1 aliphatic rings. The van der Waals surface area contributed by atoms with Crippen molar-refractivity contribution in [2.24, 2.45) is 11.8 Å². The van der Waals surface area contributed by atoms with Crippen LogP contribution < -0.4 is 0 Å². The molecule has 0 unspecified atom stereocenters. The van der Waals surface area contributed by atoms with E-state index >= 15 is 0 Å². The lowest BCUT2D eigenvalue weighted by Crippen LogP contribution is -2.20. The van der Waals surface area contributed by atoms with Crippen molar-refractivity contribution < 1.29 is 5.11 Å². The molecule has 0 aliphatic heterocycles. The molecule has 0 aromatic rings. The van der Waals surface area contributed by atoms with Crippen LogP contribution in [0, 0.1) is 11.8 Å². The van der Waals surface area contributed by atoms with Crippen LogP contribution in [0.4, 0.5) is 0 Å². The molecule has 0 aromatic heterocycles. The van der Waals surface area contributed by atoms with Crippen molar-refractivity contribution in [1.82, 2.24) is 0 Å². The summed E-state index contributed by atoms with van der Waals surface area (Å²) in [6.07, 6.45) is 10.4. The van der Waals surface area contributed by atoms with Gasteiger partial charge < -0.3 is 5.11 Å². The number of hydrogen-bond donors (Lipinski definition) is 1. The quantitative estimate of drug-likeness (QED) is 0.465. The minimum Gasteiger partial charge on any atom is -0.393 e. The minimum absolute atomic E-state index is 0.128. The largest absolute Gasteiger partial charge is 0.393 e. The summed E-state index contributed by atoms with van der Waals surface area (Å²) in [5.74, 6) is 1.12. The Labute approximate surface area is 88.2 Å². The van der Waals surface area contributed by atoms with Crippen LogP contribution in [-0.2, 0) is 0 Å². The summed E-state index contributed by atoms with van der Waals surface area (Å²) in [5, 5.41) is 9.95. The van der Waals surface area contributed by atoms with Gasteiger partial charge in [0, 0.05) is 5.92 Å². The molecule has 1 fully saturated rings. The third kappa shape index (κ3) is 3.83. The van der Waals surface area contributed by atoms with E-state index in [1.807, 2.05) is 6.08 Å². The SMILES string of the molecule is C=C[C@@H](C1CC1)[C@@H](O)CCCCCC. The van der Waals surface area contributed by atoms with Crippen molar-refractivity contribution >= 4 is 0 Å². The van der Waals surface area contributed by atoms with Crippen LogP contribution in [0.15, 0.2) is 12.7 Å². The maximum absolute atomic E-state index is 9.95. The minimum atomic E-state index is -0.128. The highest BCUT2D eigenvalue weighted by Gasteiger charge is 2.33. The highest BCUT2D eigenvalue weighted by atomic mass is 16.3. The Morgan fingerprint density at radius 2 is 2.07 bits per heavy atom. The number of aliphatic hydroxyl groups excluding tert-OH is 1. The molecule has 0 radical (unpaired) electrons. The number of rotatable bonds is 8. The van der Waals surface area contributed by atoms with Crippen molar-refractivity contribution in [3.05, 3.63) is 12.7 Å². The van der Waals surface area contributed by atoms with Crippen LogP contribution in [0.1, 0.15) is 51.9 Å². The molecule has 1 saturated carbocycles. The summed E-state index contributed by atoms with van der Waals surface area (Å²) < 4.78 is 0. The van der Waals surface area contributed by atoms with Gasteiger partial charge in [-0.2, -0.15) is 0 Å². The van der Waals surface area contributed by atoms with Crippen molar-refractivity contribution in [3.8, 4) is 0 Å². The van der Waals surface area contributed by atoms with E-state index in [1.54, 1.807) is 0 Å². The lowest BCUT2D eigenvalue weighted by atomic mass is 9.93. The van der Waals surface area contributed by atoms with Gasteiger partial charge in [-0.3, -0.25) is 0 Å². The summed E-state index contributed by atoms with van der Waals surface area (Å²) in [6.45, 7) is 6.04. The van der Waals surface area contributed by atoms with Gasteiger partial charge >= 0.3 is 0 Å². The van der Waals surface area contributed by atoms with Crippen LogP contribution in [-0.4, -0.2) is 11.2 Å². The molecule has 2 atom stereocenters. The molecule has 14 heavy (non-hydrogen) atoms. The Kier molecular flexibility index (Phi) is 5.24. The van der Waals surface area contributed by atoms with Gasteiger partial charge in [-0.25, -0.2) is 0 Å². The van der Waals surface area contributed by atoms with E-state index in [9.17, 15) is 5.11 Å². The number of hydrogen-bond acceptors (Lipinski definition) is 1. The summed E-state index contributed by atoms with van der Waals surface area (Å²) in [6, 6.07) is 0. The highest BCUT2D eigenvalue weighted by molar-refractivity contribution is 4.95. The van der Waals surface area contributed by atoms with Crippen LogP contribution in [0.25, 0.3) is 0 Å². The van der Waals surface area contributed by atoms with Gasteiger partial charge in [-0.1, -0.05) is 38.7 Å². The molecule has 1 nitrogen and oxygen atoms in total. The first-order valence-corrected chi connectivity index (χ1v) is 6.10. The maximum Gasteiger partial charge on any atom is 0.0605 e. The van der Waals surface area contributed by atoms with E-state index < -0.39 is 0 Å². The highest BCUT2D eigenvalue weighted by Crippen LogP contribution is 2.40. The van der Waals surface area contributed by atoms with E-state index in [0.717, 1.165) is 12.3 Å². The fraction of sp³-hybridized carbons (Fsp3) is 0.846. The average molecular weight is 196 g/mol. The standard InChI is InChI=1S/C13H24O/c1-3-5-6-7-8-13(14)12(4-2)11-9-10-11/h4,11-14H,2-3,5-10H2,1H3/t12-,13-/m0/s1. The van der Waals surface area contributed by atoms with Crippen molar-refractivity contribution in [3.63, 3.8) is 0 Å². The molecule has 0 spiro atoms. The summed E-state index contributed by atoms with van der Waals surface area (Å²) in [5.41, 5.74) is 0. The lowest BCUT2D eigenvalue weighted by molar-refractivity contribution is 0.107. The summed E-state index contributed by atoms with van der Waals surface area (Å²) in [4.78, 5) is 0. The molecule has 1 rings (SSSR count). The van der Waals surface area contributed by atoms with Gasteiger partial charge in [0.05, 0.1) is 6.10 Å². The zero-order valence-electron chi connectivity index (χ0n) is 9.41. The zero-order valence-corrected chi connectivity index (χ0v) is 9.41. The molecular formula is C13H24O. The first kappa shape index (κ1) is 11.8. The fourth-order valence-electron chi connectivity index (χ4n) is 2.12. The van der Waals surface area contributed by atoms with Crippen molar-refractivity contribution in [2.75, 3.05) is 0 Å². The molecular weight excluding hydrogens is 172 g/mol. The van der Waals surface area contributed by atoms with Crippen LogP contribution in [0.2, 0.25) is 0 Å². The maximum atomic E-state index is 9.95. The van der Waals surface area contributed by atoms with Gasteiger partial charge in [0.1, 0.15) is 0 Å². The number of aliphatic hydroxyl groups is 1. The zero-order chi connectivity index (χ0) is 10.4. The van der Waals surface area contributed by atoms with Crippen LogP contribution in [0.3, 0.4) is 0 Å². The van der Waals surface area contributed by atoms with Gasteiger partial charge in [0.15, 0.2) is 0 Å². The second kappa shape index (κ2) is 6.23. The van der Waals surface area contributed by atoms with Crippen molar-refractivity contribution in [2.45, 2.75) is 58.0 Å². The Balaban J connectivity index is 2.11. The fourth-order valence-corrected chi connectivity index (χ4v) is 2.12. The monoisotopic (exact) mass is 196 g/mol. The Morgan fingerprint density at radius 1 is 1.36 bits per heavy atom. The number of unbranched alkanes of at least 4 members (excludes halogenated alkanes) is 3. The predicted octanol–water partition coefficient (Wildman–Crippen LogP) is 3.53. The summed E-state index contributed by atoms with van der Waals surface area (Å²) in [7, 11) is 0. The Hall–Kier alpha value is -0.300.